The maximum Gasteiger partial charge on any atom is 0.146 e. The summed E-state index contributed by atoms with van der Waals surface area (Å²) in [5, 5.41) is 2.35. The van der Waals surface area contributed by atoms with Crippen LogP contribution >= 0.6 is 45.7 Å². The zero-order valence-corrected chi connectivity index (χ0v) is 38.8. The predicted octanol–water partition coefficient (Wildman–Crippen LogP) is 16.0. The van der Waals surface area contributed by atoms with Gasteiger partial charge in [-0.15, -0.1) is 34.0 Å². The molecule has 6 aromatic rings. The van der Waals surface area contributed by atoms with Crippen molar-refractivity contribution < 1.29 is 9.47 Å². The number of thiophene rings is 3. The Kier molecular flexibility index (Phi) is 13.1. The molecule has 8 heteroatoms. The first-order chi connectivity index (χ1) is 26.1. The summed E-state index contributed by atoms with van der Waals surface area (Å²) in [6.45, 7) is 29.1. The maximum absolute atomic E-state index is 7.06. The van der Waals surface area contributed by atoms with Gasteiger partial charge in [0.05, 0.1) is 34.3 Å². The Bertz CT molecular complexity index is 2130. The largest absolute Gasteiger partial charge is 0.491 e. The van der Waals surface area contributed by atoms with Crippen molar-refractivity contribution in [2.75, 3.05) is 13.2 Å². The summed E-state index contributed by atoms with van der Waals surface area (Å²) >= 11 is 6.95. The Labute approximate surface area is 347 Å². The van der Waals surface area contributed by atoms with Crippen LogP contribution in [0.5, 0.6) is 11.5 Å². The Hall–Kier alpha value is -2.52. The van der Waals surface area contributed by atoms with E-state index in [-0.39, 0.29) is 16.2 Å². The number of nitrogens with zero attached hydrogens (tertiary/aromatic N) is 2. The zero-order chi connectivity index (χ0) is 39.7. The second kappa shape index (κ2) is 17.1. The van der Waals surface area contributed by atoms with Gasteiger partial charge in [0.2, 0.25) is 0 Å². The number of unbranched alkanes of at least 4 members (excludes halogenated alkanes) is 2. The second-order valence-electron chi connectivity index (χ2n) is 18.2. The van der Waals surface area contributed by atoms with Gasteiger partial charge < -0.3 is 9.47 Å². The lowest BCUT2D eigenvalue weighted by atomic mass is 9.81. The molecule has 0 saturated carbocycles. The van der Waals surface area contributed by atoms with E-state index in [0.29, 0.717) is 11.8 Å². The number of rotatable bonds is 17. The summed E-state index contributed by atoms with van der Waals surface area (Å²) < 4.78 is 26.5. The molecule has 298 valence electrons. The van der Waals surface area contributed by atoms with Crippen LogP contribution < -0.4 is 9.47 Å². The van der Waals surface area contributed by atoms with E-state index >= 15 is 0 Å². The van der Waals surface area contributed by atoms with E-state index < -0.39 is 0 Å². The van der Waals surface area contributed by atoms with E-state index in [9.17, 15) is 0 Å². The second-order valence-corrected chi connectivity index (χ2v) is 21.9. The van der Waals surface area contributed by atoms with E-state index in [2.05, 4.69) is 119 Å². The summed E-state index contributed by atoms with van der Waals surface area (Å²) in [6, 6.07) is 14.0. The molecule has 6 rings (SSSR count). The van der Waals surface area contributed by atoms with Gasteiger partial charge in [0, 0.05) is 41.3 Å². The fourth-order valence-corrected chi connectivity index (χ4v) is 11.6. The van der Waals surface area contributed by atoms with Crippen molar-refractivity contribution in [1.82, 2.24) is 8.75 Å². The van der Waals surface area contributed by atoms with Crippen molar-refractivity contribution >= 4 is 76.9 Å². The molecule has 0 aliphatic carbocycles. The molecular formula is C47H64N2O2S4. The van der Waals surface area contributed by atoms with Crippen molar-refractivity contribution in [2.45, 2.75) is 151 Å². The molecule has 0 aliphatic rings. The number of ether oxygens (including phenoxy) is 2. The Morgan fingerprint density at radius 1 is 0.600 bits per heavy atom. The molecule has 0 spiro atoms. The molecule has 4 nitrogen and oxygen atoms in total. The molecule has 0 saturated heterocycles. The minimum Gasteiger partial charge on any atom is -0.491 e. The smallest absolute Gasteiger partial charge is 0.146 e. The van der Waals surface area contributed by atoms with Gasteiger partial charge in [-0.2, -0.15) is 8.75 Å². The number of fused-ring (bicyclic) bond motifs is 3. The van der Waals surface area contributed by atoms with Crippen LogP contribution in [0.1, 0.15) is 155 Å². The Morgan fingerprint density at radius 3 is 1.69 bits per heavy atom. The minimum absolute atomic E-state index is 0.0210. The van der Waals surface area contributed by atoms with Crippen LogP contribution in [0.25, 0.3) is 41.6 Å². The van der Waals surface area contributed by atoms with Gasteiger partial charge in [-0.3, -0.25) is 0 Å². The monoisotopic (exact) mass is 816 g/mol. The first kappa shape index (κ1) is 42.1. The highest BCUT2D eigenvalue weighted by molar-refractivity contribution is 7.23. The Balaban J connectivity index is 1.52. The first-order valence-electron chi connectivity index (χ1n) is 20.8. The van der Waals surface area contributed by atoms with Crippen molar-refractivity contribution in [3.05, 3.63) is 56.6 Å². The summed E-state index contributed by atoms with van der Waals surface area (Å²) in [5.74, 6) is 3.10. The molecule has 0 fully saturated rings. The summed E-state index contributed by atoms with van der Waals surface area (Å²) in [5.41, 5.74) is 4.27. The highest BCUT2D eigenvalue weighted by Gasteiger charge is 2.32. The standard InChI is InChI=1S/C47H64N2O2S4/c1-13-17-19-29(15-3)27-50-41-32-25-35(31-21-22-34(40-39(31)48-55-49-40)47(11,12)37-24-23-36(53-37)45(5,6)7)52-43(32)42(51-28-30(16-4)20-18-14-2)33-26-38(46(8,9)10)54-44(33)41/h21-26,29-30H,13-20,27-28H2,1-12H3. The first-order valence-corrected chi connectivity index (χ1v) is 24.0. The van der Waals surface area contributed by atoms with Gasteiger partial charge in [-0.1, -0.05) is 134 Å². The number of hydrogen-bond acceptors (Lipinski definition) is 8. The lowest BCUT2D eigenvalue weighted by molar-refractivity contribution is 0.235. The van der Waals surface area contributed by atoms with Crippen molar-refractivity contribution in [3.8, 4) is 21.9 Å². The molecule has 0 bridgehead atoms. The van der Waals surface area contributed by atoms with Crippen molar-refractivity contribution in [3.63, 3.8) is 0 Å². The quantitative estimate of drug-likeness (QED) is 0.0920. The number of hydrogen-bond donors (Lipinski definition) is 0. The topological polar surface area (TPSA) is 44.2 Å². The third kappa shape index (κ3) is 8.83. The third-order valence-corrected chi connectivity index (χ3v) is 16.5. The summed E-state index contributed by atoms with van der Waals surface area (Å²) in [6.07, 6.45) is 9.54. The summed E-state index contributed by atoms with van der Waals surface area (Å²) in [4.78, 5) is 5.30. The molecule has 4 heterocycles. The maximum atomic E-state index is 7.06. The lowest BCUT2D eigenvalue weighted by Gasteiger charge is -2.25. The van der Waals surface area contributed by atoms with Crippen LogP contribution in [-0.2, 0) is 16.2 Å². The van der Waals surface area contributed by atoms with E-state index in [1.165, 1.54) is 90.1 Å². The molecule has 2 atom stereocenters. The molecule has 0 radical (unpaired) electrons. The van der Waals surface area contributed by atoms with Crippen molar-refractivity contribution in [2.24, 2.45) is 11.8 Å². The van der Waals surface area contributed by atoms with E-state index in [1.54, 1.807) is 0 Å². The highest BCUT2D eigenvalue weighted by atomic mass is 32.1. The predicted molar refractivity (Wildman–Crippen MR) is 245 cm³/mol. The average Bonchev–Trinajstić information content (AvgIpc) is 3.96. The SMILES string of the molecule is CCCCC(CC)COc1c2cc(C(C)(C)C)sc2c(OCC(CC)CCCC)c2cc(-c3ccc(C(C)(C)c4ccc(C(C)(C)C)s4)c4nsnc34)sc12. The molecule has 0 N–H and O–H groups in total. The van der Waals surface area contributed by atoms with Gasteiger partial charge in [-0.05, 0) is 65.3 Å². The molecule has 0 amide bonds. The van der Waals surface area contributed by atoms with E-state index in [4.69, 9.17) is 18.2 Å². The van der Waals surface area contributed by atoms with Crippen LogP contribution in [0.3, 0.4) is 0 Å². The third-order valence-electron chi connectivity index (χ3n) is 11.4. The van der Waals surface area contributed by atoms with E-state index in [0.717, 1.165) is 59.5 Å². The molecular weight excluding hydrogens is 753 g/mol. The van der Waals surface area contributed by atoms with Gasteiger partial charge in [0.25, 0.3) is 0 Å². The van der Waals surface area contributed by atoms with Crippen LogP contribution in [0.2, 0.25) is 0 Å². The van der Waals surface area contributed by atoms with Crippen LogP contribution in [0.4, 0.5) is 0 Å². The minimum atomic E-state index is -0.209. The van der Waals surface area contributed by atoms with E-state index in [1.807, 2.05) is 34.0 Å². The fraction of sp³-hybridized carbons (Fsp3) is 0.574. The van der Waals surface area contributed by atoms with Crippen molar-refractivity contribution in [1.29, 1.82) is 0 Å². The molecule has 4 aromatic heterocycles. The molecule has 55 heavy (non-hydrogen) atoms. The lowest BCUT2D eigenvalue weighted by Crippen LogP contribution is -2.18. The summed E-state index contributed by atoms with van der Waals surface area (Å²) in [7, 11) is 0. The van der Waals surface area contributed by atoms with Gasteiger partial charge in [-0.25, -0.2) is 0 Å². The molecule has 0 aliphatic heterocycles. The number of aromatic nitrogens is 2. The number of benzene rings is 2. The van der Waals surface area contributed by atoms with Crippen LogP contribution in [0, 0.1) is 11.8 Å². The van der Waals surface area contributed by atoms with Gasteiger partial charge >= 0.3 is 0 Å². The van der Waals surface area contributed by atoms with Gasteiger partial charge in [0.15, 0.2) is 0 Å². The van der Waals surface area contributed by atoms with Gasteiger partial charge in [0.1, 0.15) is 22.5 Å². The molecule has 2 aromatic carbocycles. The van der Waals surface area contributed by atoms with Crippen LogP contribution in [0.15, 0.2) is 36.4 Å². The highest BCUT2D eigenvalue weighted by Crippen LogP contribution is 2.53. The molecule has 2 unspecified atom stereocenters. The fourth-order valence-electron chi connectivity index (χ4n) is 7.47. The Morgan fingerprint density at radius 2 is 1.15 bits per heavy atom. The van der Waals surface area contributed by atoms with Crippen LogP contribution in [-0.4, -0.2) is 22.0 Å². The normalized spacial score (nSPS) is 14.0. The zero-order valence-electron chi connectivity index (χ0n) is 35.5. The average molecular weight is 817 g/mol.